The van der Waals surface area contributed by atoms with Gasteiger partial charge in [0.2, 0.25) is 0 Å². The zero-order valence-corrected chi connectivity index (χ0v) is 28.5. The van der Waals surface area contributed by atoms with Crippen LogP contribution >= 0.6 is 0 Å². The summed E-state index contributed by atoms with van der Waals surface area (Å²) in [6, 6.07) is 0. The van der Waals surface area contributed by atoms with Crippen LogP contribution in [0.25, 0.3) is 0 Å². The van der Waals surface area contributed by atoms with Crippen molar-refractivity contribution in [2.75, 3.05) is 11.5 Å². The SMILES string of the molecule is CCCCCCCCCCCCCCS(=O)(=O)OC(=O)CCC(=O)OS(=O)(=O)CCCCCCCCCCCCCC. The average molecular weight is 639 g/mol. The molecule has 0 aromatic heterocycles. The van der Waals surface area contributed by atoms with Crippen molar-refractivity contribution in [3.8, 4) is 0 Å². The third-order valence-electron chi connectivity index (χ3n) is 7.47. The first kappa shape index (κ1) is 40.8. The van der Waals surface area contributed by atoms with Gasteiger partial charge in [-0.1, -0.05) is 155 Å². The van der Waals surface area contributed by atoms with Crippen LogP contribution in [-0.2, 0) is 38.2 Å². The molecule has 0 heterocycles. The number of rotatable bonds is 31. The summed E-state index contributed by atoms with van der Waals surface area (Å²) in [6.07, 6.45) is 25.5. The molecule has 0 aliphatic heterocycles. The summed E-state index contributed by atoms with van der Waals surface area (Å²) in [7, 11) is -8.05. The third-order valence-corrected chi connectivity index (χ3v) is 9.93. The van der Waals surface area contributed by atoms with Gasteiger partial charge in [0.1, 0.15) is 0 Å². The first-order chi connectivity index (χ1) is 20.1. The van der Waals surface area contributed by atoms with Crippen molar-refractivity contribution in [3.05, 3.63) is 0 Å². The fourth-order valence-corrected chi connectivity index (χ4v) is 6.91. The molecular weight excluding hydrogens is 576 g/mol. The molecule has 0 aliphatic carbocycles. The molecule has 0 saturated heterocycles. The van der Waals surface area contributed by atoms with Gasteiger partial charge < -0.3 is 8.37 Å². The van der Waals surface area contributed by atoms with Gasteiger partial charge in [-0.25, -0.2) is 0 Å². The lowest BCUT2D eigenvalue weighted by molar-refractivity contribution is -0.140. The Bertz CT molecular complexity index is 797. The predicted molar refractivity (Wildman–Crippen MR) is 171 cm³/mol. The molecule has 0 saturated carbocycles. The zero-order chi connectivity index (χ0) is 31.4. The molecule has 0 aromatic carbocycles. The van der Waals surface area contributed by atoms with Crippen LogP contribution in [0.4, 0.5) is 0 Å². The van der Waals surface area contributed by atoms with E-state index >= 15 is 0 Å². The van der Waals surface area contributed by atoms with Crippen molar-refractivity contribution in [1.82, 2.24) is 0 Å². The van der Waals surface area contributed by atoms with Gasteiger partial charge in [-0.05, 0) is 12.8 Å². The Labute approximate surface area is 258 Å². The first-order valence-corrected chi connectivity index (χ1v) is 20.2. The lowest BCUT2D eigenvalue weighted by atomic mass is 10.1. The Balaban J connectivity index is 3.82. The van der Waals surface area contributed by atoms with Crippen LogP contribution in [0, 0.1) is 0 Å². The van der Waals surface area contributed by atoms with E-state index in [1.807, 2.05) is 0 Å². The molecule has 0 amide bonds. The minimum Gasteiger partial charge on any atom is -0.346 e. The maximum atomic E-state index is 12.0. The number of carbonyl (C=O) groups excluding carboxylic acids is 2. The van der Waals surface area contributed by atoms with Crippen LogP contribution in [0.2, 0.25) is 0 Å². The van der Waals surface area contributed by atoms with Gasteiger partial charge in [-0.2, -0.15) is 16.8 Å². The summed E-state index contributed by atoms with van der Waals surface area (Å²) in [5.41, 5.74) is 0. The number of unbranched alkanes of at least 4 members (excludes halogenated alkanes) is 22. The predicted octanol–water partition coefficient (Wildman–Crippen LogP) is 8.91. The molecule has 250 valence electrons. The highest BCUT2D eigenvalue weighted by Crippen LogP contribution is 2.14. The smallest absolute Gasteiger partial charge is 0.322 e. The lowest BCUT2D eigenvalue weighted by Gasteiger charge is -2.07. The van der Waals surface area contributed by atoms with E-state index < -0.39 is 45.0 Å². The summed E-state index contributed by atoms with van der Waals surface area (Å²) in [6.45, 7) is 4.43. The second kappa shape index (κ2) is 27.4. The van der Waals surface area contributed by atoms with Crippen molar-refractivity contribution in [2.45, 2.75) is 181 Å². The van der Waals surface area contributed by atoms with Crippen LogP contribution in [0.3, 0.4) is 0 Å². The molecule has 0 unspecified atom stereocenters. The molecule has 0 aromatic rings. The fraction of sp³-hybridized carbons (Fsp3) is 0.938. The molecule has 0 fully saturated rings. The Morgan fingerprint density at radius 2 is 0.595 bits per heavy atom. The van der Waals surface area contributed by atoms with E-state index in [-0.39, 0.29) is 11.5 Å². The van der Waals surface area contributed by atoms with E-state index in [9.17, 15) is 26.4 Å². The summed E-state index contributed by atoms with van der Waals surface area (Å²) in [4.78, 5) is 23.8. The van der Waals surface area contributed by atoms with E-state index in [1.54, 1.807) is 0 Å². The molecule has 0 spiro atoms. The van der Waals surface area contributed by atoms with Crippen molar-refractivity contribution < 1.29 is 34.8 Å². The average Bonchev–Trinajstić information content (AvgIpc) is 2.92. The fourth-order valence-electron chi connectivity index (χ4n) is 4.89. The monoisotopic (exact) mass is 638 g/mol. The summed E-state index contributed by atoms with van der Waals surface area (Å²) >= 11 is 0. The maximum Gasteiger partial charge on any atom is 0.322 e. The minimum absolute atomic E-state index is 0.256. The van der Waals surface area contributed by atoms with Crippen LogP contribution in [0.1, 0.15) is 181 Å². The van der Waals surface area contributed by atoms with E-state index in [1.165, 1.54) is 89.9 Å². The molecule has 0 atom stereocenters. The van der Waals surface area contributed by atoms with Gasteiger partial charge in [0.05, 0.1) is 24.3 Å². The normalized spacial score (nSPS) is 12.0. The topological polar surface area (TPSA) is 121 Å². The van der Waals surface area contributed by atoms with Gasteiger partial charge >= 0.3 is 32.2 Å². The second-order valence-corrected chi connectivity index (χ2v) is 15.1. The molecule has 0 radical (unpaired) electrons. The van der Waals surface area contributed by atoms with Gasteiger partial charge in [-0.3, -0.25) is 9.59 Å². The van der Waals surface area contributed by atoms with Crippen molar-refractivity contribution in [3.63, 3.8) is 0 Å². The minimum atomic E-state index is -4.03. The zero-order valence-electron chi connectivity index (χ0n) is 26.9. The van der Waals surface area contributed by atoms with Crippen LogP contribution < -0.4 is 0 Å². The van der Waals surface area contributed by atoms with Gasteiger partial charge in [0.25, 0.3) is 0 Å². The summed E-state index contributed by atoms with van der Waals surface area (Å²) in [5.74, 6) is -2.67. The quantitative estimate of drug-likeness (QED) is 0.0545. The van der Waals surface area contributed by atoms with Crippen molar-refractivity contribution >= 4 is 32.2 Å². The van der Waals surface area contributed by atoms with Gasteiger partial charge in [0.15, 0.2) is 0 Å². The van der Waals surface area contributed by atoms with Crippen LogP contribution in [0.15, 0.2) is 0 Å². The number of carbonyl (C=O) groups is 2. The van der Waals surface area contributed by atoms with Crippen LogP contribution in [-0.4, -0.2) is 40.3 Å². The molecular formula is C32H62O8S2. The standard InChI is InChI=1S/C32H62O8S2/c1-3-5-7-9-11-13-15-17-19-21-23-25-29-41(35,36)39-31(33)27-28-32(34)40-42(37,38)30-26-24-22-20-18-16-14-12-10-8-6-4-2/h3-30H2,1-2H3. The summed E-state index contributed by atoms with van der Waals surface area (Å²) < 4.78 is 57.2. The Morgan fingerprint density at radius 1 is 0.381 bits per heavy atom. The van der Waals surface area contributed by atoms with E-state index in [2.05, 4.69) is 22.2 Å². The Kier molecular flexibility index (Phi) is 26.6. The van der Waals surface area contributed by atoms with E-state index in [4.69, 9.17) is 0 Å². The number of hydrogen-bond acceptors (Lipinski definition) is 8. The third kappa shape index (κ3) is 28.9. The van der Waals surface area contributed by atoms with Gasteiger partial charge in [-0.15, -0.1) is 0 Å². The molecule has 8 nitrogen and oxygen atoms in total. The lowest BCUT2D eigenvalue weighted by Crippen LogP contribution is -2.19. The summed E-state index contributed by atoms with van der Waals surface area (Å²) in [5, 5.41) is 0. The highest BCUT2D eigenvalue weighted by molar-refractivity contribution is 7.87. The maximum absolute atomic E-state index is 12.0. The Hall–Kier alpha value is -1.16. The van der Waals surface area contributed by atoms with E-state index in [0.717, 1.165) is 51.4 Å². The Morgan fingerprint density at radius 3 is 0.833 bits per heavy atom. The first-order valence-electron chi connectivity index (χ1n) is 17.0. The molecule has 42 heavy (non-hydrogen) atoms. The highest BCUT2D eigenvalue weighted by atomic mass is 32.2. The van der Waals surface area contributed by atoms with Crippen molar-refractivity contribution in [2.24, 2.45) is 0 Å². The number of hydrogen-bond donors (Lipinski definition) is 0. The molecule has 0 aliphatic rings. The van der Waals surface area contributed by atoms with Gasteiger partial charge in [0, 0.05) is 0 Å². The van der Waals surface area contributed by atoms with Crippen molar-refractivity contribution in [1.29, 1.82) is 0 Å². The largest absolute Gasteiger partial charge is 0.346 e. The second-order valence-electron chi connectivity index (χ2n) is 11.7. The molecule has 0 bridgehead atoms. The van der Waals surface area contributed by atoms with Crippen LogP contribution in [0.5, 0.6) is 0 Å². The van der Waals surface area contributed by atoms with E-state index in [0.29, 0.717) is 12.8 Å². The molecule has 10 heteroatoms. The molecule has 0 N–H and O–H groups in total. The highest BCUT2D eigenvalue weighted by Gasteiger charge is 2.21. The molecule has 0 rings (SSSR count).